The predicted molar refractivity (Wildman–Crippen MR) is 65.0 cm³/mol. The molecule has 17 heavy (non-hydrogen) atoms. The van der Waals surface area contributed by atoms with Gasteiger partial charge in [0.15, 0.2) is 8.68 Å². The second-order valence-corrected chi connectivity index (χ2v) is 6.65. The van der Waals surface area contributed by atoms with Gasteiger partial charge in [-0.2, -0.15) is 0 Å². The smallest absolute Gasteiger partial charge is 0.246 e. The Morgan fingerprint density at radius 2 is 2.06 bits per heavy atom. The van der Waals surface area contributed by atoms with Crippen LogP contribution in [-0.2, 0) is 10.0 Å². The monoisotopic (exact) mass is 310 g/mol. The van der Waals surface area contributed by atoms with Gasteiger partial charge in [-0.25, -0.2) is 28.1 Å². The van der Waals surface area contributed by atoms with Gasteiger partial charge in [-0.1, -0.05) is 34.5 Å². The van der Waals surface area contributed by atoms with E-state index in [4.69, 9.17) is 23.2 Å². The lowest BCUT2D eigenvalue weighted by Gasteiger charge is -2.03. The van der Waals surface area contributed by atoms with Crippen LogP contribution in [0.25, 0.3) is 0 Å². The van der Waals surface area contributed by atoms with E-state index in [9.17, 15) is 8.42 Å². The fraction of sp³-hybridized carbons (Fsp3) is 0. The second-order valence-electron chi connectivity index (χ2n) is 2.74. The highest BCUT2D eigenvalue weighted by Crippen LogP contribution is 2.23. The van der Waals surface area contributed by atoms with Crippen LogP contribution in [0.2, 0.25) is 9.62 Å². The van der Waals surface area contributed by atoms with Gasteiger partial charge >= 0.3 is 0 Å². The number of hydrogen-bond donors (Lipinski definition) is 1. The quantitative estimate of drug-likeness (QED) is 0.877. The van der Waals surface area contributed by atoms with Crippen molar-refractivity contribution < 1.29 is 8.42 Å². The molecule has 1 N–H and O–H groups in total. The topological polar surface area (TPSA) is 84.8 Å². The number of nitrogens with zero attached hydrogens (tertiary/aromatic N) is 3. The Hall–Kier alpha value is -0.960. The molecule has 0 radical (unpaired) electrons. The predicted octanol–water partition coefficient (Wildman–Crippen LogP) is 2.04. The van der Waals surface area contributed by atoms with Crippen LogP contribution in [0.5, 0.6) is 0 Å². The van der Waals surface area contributed by atoms with Crippen molar-refractivity contribution in [3.63, 3.8) is 0 Å². The molecule has 2 heterocycles. The first-order valence-electron chi connectivity index (χ1n) is 4.10. The summed E-state index contributed by atoms with van der Waals surface area (Å²) in [4.78, 5) is 11.1. The lowest BCUT2D eigenvalue weighted by atomic mass is 10.7. The Morgan fingerprint density at radius 3 is 2.65 bits per heavy atom. The summed E-state index contributed by atoms with van der Waals surface area (Å²) in [6.45, 7) is 0. The SMILES string of the molecule is O=S(=O)(Nc1nccc(Cl)n1)c1cnc(Cl)s1. The van der Waals surface area contributed by atoms with Gasteiger partial charge in [-0.05, 0) is 6.07 Å². The molecule has 2 aromatic rings. The van der Waals surface area contributed by atoms with Crippen LogP contribution in [0.15, 0.2) is 22.7 Å². The molecule has 0 saturated heterocycles. The zero-order valence-electron chi connectivity index (χ0n) is 7.96. The molecule has 2 aromatic heterocycles. The Bertz CT molecular complexity index is 643. The van der Waals surface area contributed by atoms with Gasteiger partial charge in [0, 0.05) is 6.20 Å². The highest BCUT2D eigenvalue weighted by molar-refractivity contribution is 7.94. The molecule has 0 fully saturated rings. The molecule has 0 bridgehead atoms. The highest BCUT2D eigenvalue weighted by atomic mass is 35.5. The van der Waals surface area contributed by atoms with Gasteiger partial charge in [-0.15, -0.1) is 0 Å². The number of rotatable bonds is 3. The van der Waals surface area contributed by atoms with Gasteiger partial charge in [0.1, 0.15) is 5.15 Å². The van der Waals surface area contributed by atoms with Crippen LogP contribution in [0.1, 0.15) is 0 Å². The maximum atomic E-state index is 11.8. The summed E-state index contributed by atoms with van der Waals surface area (Å²) in [5.74, 6) is -0.109. The number of thiazole rings is 1. The third-order valence-corrected chi connectivity index (χ3v) is 4.68. The van der Waals surface area contributed by atoms with E-state index in [1.807, 2.05) is 0 Å². The third kappa shape index (κ3) is 3.03. The molecule has 6 nitrogen and oxygen atoms in total. The van der Waals surface area contributed by atoms with Crippen molar-refractivity contribution in [1.82, 2.24) is 15.0 Å². The molecule has 2 rings (SSSR count). The molecular formula is C7H4Cl2N4O2S2. The lowest BCUT2D eigenvalue weighted by molar-refractivity contribution is 0.602. The summed E-state index contributed by atoms with van der Waals surface area (Å²) in [5.41, 5.74) is 0. The Balaban J connectivity index is 2.29. The van der Waals surface area contributed by atoms with Crippen LogP contribution >= 0.6 is 34.5 Å². The molecule has 0 aromatic carbocycles. The highest BCUT2D eigenvalue weighted by Gasteiger charge is 2.18. The summed E-state index contributed by atoms with van der Waals surface area (Å²) in [6.07, 6.45) is 2.49. The number of hydrogen-bond acceptors (Lipinski definition) is 6. The lowest BCUT2D eigenvalue weighted by Crippen LogP contribution is -2.13. The molecule has 0 saturated carbocycles. The van der Waals surface area contributed by atoms with Crippen molar-refractivity contribution in [3.05, 3.63) is 28.1 Å². The summed E-state index contributed by atoms with van der Waals surface area (Å²) in [7, 11) is -3.77. The summed E-state index contributed by atoms with van der Waals surface area (Å²) in [6, 6.07) is 1.43. The second kappa shape index (κ2) is 4.73. The summed E-state index contributed by atoms with van der Waals surface area (Å²) >= 11 is 12.0. The average Bonchev–Trinajstić information content (AvgIpc) is 2.65. The van der Waals surface area contributed by atoms with Crippen LogP contribution in [0.4, 0.5) is 5.95 Å². The van der Waals surface area contributed by atoms with Crippen LogP contribution in [0, 0.1) is 0 Å². The Labute approximate surface area is 111 Å². The Kier molecular flexibility index (Phi) is 3.48. The minimum Gasteiger partial charge on any atom is -0.246 e. The van der Waals surface area contributed by atoms with Crippen molar-refractivity contribution >= 4 is 50.5 Å². The first-order chi connectivity index (χ1) is 7.97. The van der Waals surface area contributed by atoms with E-state index < -0.39 is 10.0 Å². The normalized spacial score (nSPS) is 11.4. The van der Waals surface area contributed by atoms with Crippen molar-refractivity contribution in [1.29, 1.82) is 0 Å². The van der Waals surface area contributed by atoms with Crippen molar-refractivity contribution in [2.24, 2.45) is 0 Å². The molecule has 0 aliphatic heterocycles. The minimum atomic E-state index is -3.77. The molecule has 0 spiro atoms. The maximum Gasteiger partial charge on any atom is 0.275 e. The summed E-state index contributed by atoms with van der Waals surface area (Å²) in [5, 5.41) is 0.139. The van der Waals surface area contributed by atoms with E-state index in [2.05, 4.69) is 19.7 Å². The van der Waals surface area contributed by atoms with E-state index in [-0.39, 0.29) is 19.8 Å². The Morgan fingerprint density at radius 1 is 1.29 bits per heavy atom. The molecule has 0 aliphatic rings. The third-order valence-electron chi connectivity index (χ3n) is 1.57. The van der Waals surface area contributed by atoms with Crippen LogP contribution in [-0.4, -0.2) is 23.4 Å². The first-order valence-corrected chi connectivity index (χ1v) is 7.15. The van der Waals surface area contributed by atoms with E-state index in [1.165, 1.54) is 12.3 Å². The zero-order chi connectivity index (χ0) is 12.5. The number of halogens is 2. The number of aromatic nitrogens is 3. The number of nitrogens with one attached hydrogen (secondary N) is 1. The molecule has 10 heteroatoms. The fourth-order valence-corrected chi connectivity index (χ4v) is 3.30. The molecule has 0 aliphatic carbocycles. The number of anilines is 1. The average molecular weight is 311 g/mol. The zero-order valence-corrected chi connectivity index (χ0v) is 11.1. The van der Waals surface area contributed by atoms with Crippen molar-refractivity contribution in [3.8, 4) is 0 Å². The van der Waals surface area contributed by atoms with Gasteiger partial charge in [0.05, 0.1) is 6.20 Å². The molecular weight excluding hydrogens is 307 g/mol. The molecule has 0 amide bonds. The van der Waals surface area contributed by atoms with E-state index in [0.29, 0.717) is 0 Å². The minimum absolute atomic E-state index is 0.0222. The van der Waals surface area contributed by atoms with Crippen molar-refractivity contribution in [2.75, 3.05) is 4.72 Å². The standard InChI is InChI=1S/C7H4Cl2N4O2S2/c8-4-1-2-10-7(12-4)13-17(14,15)5-3-11-6(9)16-5/h1-3H,(H,10,12,13). The molecule has 0 atom stereocenters. The van der Waals surface area contributed by atoms with Crippen LogP contribution in [0.3, 0.4) is 0 Å². The summed E-state index contributed by atoms with van der Waals surface area (Å²) < 4.78 is 25.9. The van der Waals surface area contributed by atoms with E-state index in [0.717, 1.165) is 17.5 Å². The fourth-order valence-electron chi connectivity index (χ4n) is 0.920. The molecule has 90 valence electrons. The van der Waals surface area contributed by atoms with Gasteiger partial charge in [-0.3, -0.25) is 0 Å². The van der Waals surface area contributed by atoms with Gasteiger partial charge in [0.2, 0.25) is 5.95 Å². The number of sulfonamides is 1. The van der Waals surface area contributed by atoms with Crippen molar-refractivity contribution in [2.45, 2.75) is 4.21 Å². The van der Waals surface area contributed by atoms with E-state index in [1.54, 1.807) is 0 Å². The van der Waals surface area contributed by atoms with Gasteiger partial charge < -0.3 is 0 Å². The largest absolute Gasteiger partial charge is 0.275 e. The van der Waals surface area contributed by atoms with E-state index >= 15 is 0 Å². The maximum absolute atomic E-state index is 11.8. The van der Waals surface area contributed by atoms with Gasteiger partial charge in [0.25, 0.3) is 10.0 Å². The van der Waals surface area contributed by atoms with Crippen LogP contribution < -0.4 is 4.72 Å². The first kappa shape index (κ1) is 12.5. The molecule has 0 unspecified atom stereocenters.